The van der Waals surface area contributed by atoms with Crippen LogP contribution in [0.1, 0.15) is 67.6 Å². The standard InChI is InChI=1S/C44H52FN3O10/c1-4-23-56-44-40(47(2)43(51)54-3)26-38(46-57-27-29-15-17-32(18-16-29)48(52)53)35-24-30(11-7-9-21-49)34(13-8-10-22-50)41(42(35)44)36-25-33(19-20-39(36)58-44)55-28-31-12-5-6-14-37(31)45/h4-6,12,14-20,24-25,30,34,40-42,49-50H,1,7-11,13,21-23,26-28H2,2-3H3. The second kappa shape index (κ2) is 19.4. The van der Waals surface area contributed by atoms with E-state index in [1.54, 1.807) is 49.5 Å². The summed E-state index contributed by atoms with van der Waals surface area (Å²) in [7, 11) is 2.94. The van der Waals surface area contributed by atoms with Gasteiger partial charge in [-0.3, -0.25) is 10.1 Å². The number of ether oxygens (including phenoxy) is 4. The topological polar surface area (TPSA) is 162 Å². The maximum Gasteiger partial charge on any atom is 0.409 e. The van der Waals surface area contributed by atoms with Gasteiger partial charge in [-0.25, -0.2) is 9.18 Å². The van der Waals surface area contributed by atoms with Crippen molar-refractivity contribution in [2.45, 2.75) is 75.9 Å². The molecule has 0 saturated heterocycles. The molecule has 6 rings (SSSR count). The number of fused-ring (bicyclic) bond motifs is 2. The van der Waals surface area contributed by atoms with Gasteiger partial charge in [0, 0.05) is 55.9 Å². The number of amides is 1. The number of methoxy groups -OCH3 is 1. The van der Waals surface area contributed by atoms with E-state index < -0.39 is 28.8 Å². The molecule has 1 heterocycles. The number of oxime groups is 1. The molecule has 1 amide bonds. The summed E-state index contributed by atoms with van der Waals surface area (Å²) in [5.41, 5.74) is 3.32. The molecule has 3 aromatic carbocycles. The van der Waals surface area contributed by atoms with E-state index in [0.29, 0.717) is 41.2 Å². The smallest absolute Gasteiger partial charge is 0.409 e. The van der Waals surface area contributed by atoms with Crippen LogP contribution in [0.25, 0.3) is 0 Å². The third kappa shape index (κ3) is 9.04. The Morgan fingerprint density at radius 2 is 1.81 bits per heavy atom. The molecule has 2 aliphatic carbocycles. The minimum absolute atomic E-state index is 0.00213. The molecule has 0 bridgehead atoms. The number of aliphatic hydroxyl groups excluding tert-OH is 2. The lowest BCUT2D eigenvalue weighted by Gasteiger charge is -2.59. The second-order valence-electron chi connectivity index (χ2n) is 14.9. The number of hydrogen-bond acceptors (Lipinski definition) is 11. The number of rotatable bonds is 19. The van der Waals surface area contributed by atoms with E-state index in [0.717, 1.165) is 36.8 Å². The first-order valence-electron chi connectivity index (χ1n) is 19.8. The predicted molar refractivity (Wildman–Crippen MR) is 214 cm³/mol. The molecule has 2 N–H and O–H groups in total. The first kappa shape index (κ1) is 42.3. The Morgan fingerprint density at radius 1 is 1.07 bits per heavy atom. The van der Waals surface area contributed by atoms with Gasteiger partial charge >= 0.3 is 6.09 Å². The average molecular weight is 802 g/mol. The maximum atomic E-state index is 14.6. The van der Waals surface area contributed by atoms with Crippen LogP contribution in [0.5, 0.6) is 11.5 Å². The Kier molecular flexibility index (Phi) is 14.2. The lowest BCUT2D eigenvalue weighted by Crippen LogP contribution is -2.69. The maximum absolute atomic E-state index is 14.6. The number of allylic oxidation sites excluding steroid dienone is 1. The lowest BCUT2D eigenvalue weighted by molar-refractivity contribution is -0.384. The average Bonchev–Trinajstić information content (AvgIpc) is 3.23. The highest BCUT2D eigenvalue weighted by Gasteiger charge is 2.65. The summed E-state index contributed by atoms with van der Waals surface area (Å²) in [5, 5.41) is 35.6. The number of unbranched alkanes of at least 4 members (excludes halogenated alkanes) is 2. The van der Waals surface area contributed by atoms with Crippen LogP contribution in [-0.4, -0.2) is 77.6 Å². The highest BCUT2D eigenvalue weighted by atomic mass is 19.1. The molecular formula is C44H52FN3O10. The van der Waals surface area contributed by atoms with Gasteiger partial charge in [0.1, 0.15) is 36.6 Å². The van der Waals surface area contributed by atoms with Gasteiger partial charge in [-0.05, 0) is 85.1 Å². The quantitative estimate of drug-likeness (QED) is 0.0529. The molecule has 1 aliphatic heterocycles. The molecule has 0 spiro atoms. The summed E-state index contributed by atoms with van der Waals surface area (Å²) < 4.78 is 40.0. The van der Waals surface area contributed by atoms with Crippen molar-refractivity contribution in [1.82, 2.24) is 4.90 Å². The Balaban J connectivity index is 1.51. The number of hydrogen-bond donors (Lipinski definition) is 2. The van der Waals surface area contributed by atoms with Crippen molar-refractivity contribution in [3.8, 4) is 11.5 Å². The molecule has 13 nitrogen and oxygen atoms in total. The van der Waals surface area contributed by atoms with Crippen molar-refractivity contribution in [3.05, 3.63) is 124 Å². The van der Waals surface area contributed by atoms with E-state index in [1.165, 1.54) is 30.2 Å². The first-order valence-corrected chi connectivity index (χ1v) is 19.8. The number of nitro benzene ring substituents is 1. The van der Waals surface area contributed by atoms with Gasteiger partial charge in [-0.15, -0.1) is 6.58 Å². The highest BCUT2D eigenvalue weighted by molar-refractivity contribution is 6.02. The molecule has 6 unspecified atom stereocenters. The molecule has 0 aromatic heterocycles. The zero-order valence-electron chi connectivity index (χ0n) is 33.0. The second-order valence-corrected chi connectivity index (χ2v) is 14.9. The number of likely N-dealkylation sites (N-methyl/N-ethyl adjacent to an activating group) is 1. The molecule has 1 saturated carbocycles. The van der Waals surface area contributed by atoms with Crippen LogP contribution >= 0.6 is 0 Å². The minimum Gasteiger partial charge on any atom is -0.489 e. The number of carbonyl (C=O) groups excluding carboxylic acids is 1. The summed E-state index contributed by atoms with van der Waals surface area (Å²) >= 11 is 0. The first-order chi connectivity index (χ1) is 28.1. The molecule has 310 valence electrons. The Labute approximate surface area is 337 Å². The van der Waals surface area contributed by atoms with Crippen molar-refractivity contribution < 1.29 is 48.1 Å². The molecule has 14 heteroatoms. The summed E-state index contributed by atoms with van der Waals surface area (Å²) in [6, 6.07) is 17.3. The summed E-state index contributed by atoms with van der Waals surface area (Å²) in [4.78, 5) is 31.7. The summed E-state index contributed by atoms with van der Waals surface area (Å²) in [6.07, 6.45) is 7.67. The number of benzene rings is 3. The number of halogens is 1. The van der Waals surface area contributed by atoms with Gasteiger partial charge < -0.3 is 38.9 Å². The predicted octanol–water partition coefficient (Wildman–Crippen LogP) is 7.84. The van der Waals surface area contributed by atoms with Crippen LogP contribution in [0.15, 0.2) is 96.2 Å². The molecule has 1 fully saturated rings. The monoisotopic (exact) mass is 801 g/mol. The number of nitrogens with zero attached hydrogens (tertiary/aromatic N) is 3. The van der Waals surface area contributed by atoms with Crippen LogP contribution in [-0.2, 0) is 27.5 Å². The van der Waals surface area contributed by atoms with Crippen LogP contribution < -0.4 is 9.47 Å². The van der Waals surface area contributed by atoms with E-state index in [-0.39, 0.29) is 68.7 Å². The van der Waals surface area contributed by atoms with Gasteiger partial charge in [-0.1, -0.05) is 48.3 Å². The van der Waals surface area contributed by atoms with Gasteiger partial charge in [0.2, 0.25) is 5.79 Å². The van der Waals surface area contributed by atoms with Gasteiger partial charge in [0.25, 0.3) is 5.69 Å². The normalized spacial score (nSPS) is 23.8. The van der Waals surface area contributed by atoms with Gasteiger partial charge in [0.15, 0.2) is 0 Å². The molecule has 3 aromatic rings. The number of aliphatic hydroxyl groups is 2. The Hall–Kier alpha value is -5.31. The fourth-order valence-electron chi connectivity index (χ4n) is 8.76. The molecule has 3 aliphatic rings. The fraction of sp³-hybridized carbons (Fsp3) is 0.455. The Bertz CT molecular complexity index is 1970. The summed E-state index contributed by atoms with van der Waals surface area (Å²) in [5.74, 6) is -1.62. The Morgan fingerprint density at radius 3 is 2.50 bits per heavy atom. The number of non-ortho nitro benzene ring substituents is 1. The van der Waals surface area contributed by atoms with E-state index in [1.807, 2.05) is 12.1 Å². The zero-order chi connectivity index (χ0) is 41.2. The molecular weight excluding hydrogens is 749 g/mol. The highest BCUT2D eigenvalue weighted by Crippen LogP contribution is 2.61. The lowest BCUT2D eigenvalue weighted by atomic mass is 9.55. The summed E-state index contributed by atoms with van der Waals surface area (Å²) in [6.45, 7) is 4.18. The van der Waals surface area contributed by atoms with E-state index in [9.17, 15) is 29.5 Å². The number of carbonyl (C=O) groups is 1. The van der Waals surface area contributed by atoms with E-state index in [4.69, 9.17) is 28.9 Å². The fourth-order valence-corrected chi connectivity index (χ4v) is 8.76. The minimum atomic E-state index is -1.46. The van der Waals surface area contributed by atoms with Crippen molar-refractivity contribution in [3.63, 3.8) is 0 Å². The third-order valence-electron chi connectivity index (χ3n) is 11.5. The largest absolute Gasteiger partial charge is 0.489 e. The zero-order valence-corrected chi connectivity index (χ0v) is 33.0. The van der Waals surface area contributed by atoms with Gasteiger partial charge in [0.05, 0.1) is 30.3 Å². The molecule has 6 atom stereocenters. The van der Waals surface area contributed by atoms with Gasteiger partial charge in [-0.2, -0.15) is 0 Å². The molecule has 58 heavy (non-hydrogen) atoms. The number of nitro groups is 1. The van der Waals surface area contributed by atoms with E-state index in [2.05, 4.69) is 12.7 Å². The SMILES string of the molecule is C=CCOC12Oc3ccc(OCc4ccccc4F)cc3C3C(CCCCO)C(CCCCO)C=C(C(=NOCc4ccc([N+](=O)[O-])cc4)CC1N(C)C(=O)OC)C32. The van der Waals surface area contributed by atoms with E-state index >= 15 is 0 Å². The van der Waals surface area contributed by atoms with Crippen molar-refractivity contribution in [2.24, 2.45) is 22.9 Å². The van der Waals surface area contributed by atoms with Crippen molar-refractivity contribution in [1.29, 1.82) is 0 Å². The van der Waals surface area contributed by atoms with Crippen LogP contribution in [0, 0.1) is 33.7 Å². The third-order valence-corrected chi connectivity index (χ3v) is 11.5. The van der Waals surface area contributed by atoms with Crippen LogP contribution in [0.2, 0.25) is 0 Å². The molecule has 0 radical (unpaired) electrons. The van der Waals surface area contributed by atoms with Crippen LogP contribution in [0.3, 0.4) is 0 Å². The van der Waals surface area contributed by atoms with Crippen molar-refractivity contribution in [2.75, 3.05) is 34.0 Å². The van der Waals surface area contributed by atoms with Crippen LogP contribution in [0.4, 0.5) is 14.9 Å². The van der Waals surface area contributed by atoms with Crippen molar-refractivity contribution >= 4 is 17.5 Å².